The van der Waals surface area contributed by atoms with Gasteiger partial charge in [-0.25, -0.2) is 0 Å². The first-order chi connectivity index (χ1) is 20.2. The van der Waals surface area contributed by atoms with E-state index in [1.165, 1.54) is 0 Å². The Morgan fingerprint density at radius 2 is 1.27 bits per heavy atom. The van der Waals surface area contributed by atoms with Gasteiger partial charge >= 0.3 is 0 Å². The van der Waals surface area contributed by atoms with Crippen molar-refractivity contribution < 1.29 is 14.3 Å². The summed E-state index contributed by atoms with van der Waals surface area (Å²) in [7, 11) is 0. The van der Waals surface area contributed by atoms with Crippen molar-refractivity contribution >= 4 is 34.0 Å². The summed E-state index contributed by atoms with van der Waals surface area (Å²) in [6.07, 6.45) is 0. The maximum atomic E-state index is 13.9. The van der Waals surface area contributed by atoms with Crippen LogP contribution in [0.25, 0.3) is 10.8 Å². The smallest absolute Gasteiger partial charge is 0.256 e. The number of hydrogen-bond acceptors (Lipinski definition) is 4. The van der Waals surface area contributed by atoms with E-state index in [0.29, 0.717) is 18.7 Å². The SMILES string of the molecule is O=C(Nc1ccc(N2CCN(C(=O)C3c4ccccc4Oc4ccccc43)CC2)cc1)c1cccc2ccccc12. The summed E-state index contributed by atoms with van der Waals surface area (Å²) in [4.78, 5) is 31.2. The lowest BCUT2D eigenvalue weighted by molar-refractivity contribution is -0.132. The highest BCUT2D eigenvalue weighted by Crippen LogP contribution is 2.44. The number of para-hydroxylation sites is 2. The van der Waals surface area contributed by atoms with Crippen LogP contribution in [0.3, 0.4) is 0 Å². The van der Waals surface area contributed by atoms with Gasteiger partial charge in [0.2, 0.25) is 5.91 Å². The van der Waals surface area contributed by atoms with Crippen molar-refractivity contribution in [3.63, 3.8) is 0 Å². The molecule has 41 heavy (non-hydrogen) atoms. The van der Waals surface area contributed by atoms with Crippen molar-refractivity contribution in [3.8, 4) is 11.5 Å². The van der Waals surface area contributed by atoms with Crippen LogP contribution in [0.4, 0.5) is 11.4 Å². The van der Waals surface area contributed by atoms with Crippen molar-refractivity contribution in [1.82, 2.24) is 4.90 Å². The van der Waals surface area contributed by atoms with Crippen LogP contribution in [0.1, 0.15) is 27.4 Å². The fraction of sp³-hybridized carbons (Fsp3) is 0.143. The first kappa shape index (κ1) is 24.9. The van der Waals surface area contributed by atoms with E-state index >= 15 is 0 Å². The van der Waals surface area contributed by atoms with E-state index in [0.717, 1.165) is 57.9 Å². The third kappa shape index (κ3) is 4.67. The number of nitrogens with zero attached hydrogens (tertiary/aromatic N) is 2. The molecule has 1 fully saturated rings. The van der Waals surface area contributed by atoms with Gasteiger partial charge in [-0.3, -0.25) is 9.59 Å². The van der Waals surface area contributed by atoms with Gasteiger partial charge in [0, 0.05) is 54.2 Å². The van der Waals surface area contributed by atoms with E-state index in [1.807, 2.05) is 120 Å². The number of piperazine rings is 1. The number of rotatable bonds is 4. The first-order valence-electron chi connectivity index (χ1n) is 13.9. The van der Waals surface area contributed by atoms with Crippen LogP contribution in [0.5, 0.6) is 11.5 Å². The van der Waals surface area contributed by atoms with Crippen LogP contribution in [0.2, 0.25) is 0 Å². The maximum Gasteiger partial charge on any atom is 0.256 e. The average Bonchev–Trinajstić information content (AvgIpc) is 3.03. The predicted molar refractivity (Wildman–Crippen MR) is 162 cm³/mol. The zero-order valence-corrected chi connectivity index (χ0v) is 22.5. The molecular formula is C35H29N3O3. The van der Waals surface area contributed by atoms with Crippen LogP contribution >= 0.6 is 0 Å². The van der Waals surface area contributed by atoms with Gasteiger partial charge in [-0.05, 0) is 53.2 Å². The quantitative estimate of drug-likeness (QED) is 0.277. The second-order valence-electron chi connectivity index (χ2n) is 10.5. The van der Waals surface area contributed by atoms with E-state index < -0.39 is 0 Å². The summed E-state index contributed by atoms with van der Waals surface area (Å²) in [6, 6.07) is 37.2. The van der Waals surface area contributed by atoms with Crippen molar-refractivity contribution in [3.05, 3.63) is 132 Å². The van der Waals surface area contributed by atoms with E-state index in [-0.39, 0.29) is 17.7 Å². The van der Waals surface area contributed by atoms with Crippen LogP contribution in [0.15, 0.2) is 115 Å². The number of amides is 2. The lowest BCUT2D eigenvalue weighted by atomic mass is 9.86. The molecule has 7 rings (SSSR count). The van der Waals surface area contributed by atoms with Gasteiger partial charge < -0.3 is 19.9 Å². The van der Waals surface area contributed by atoms with Crippen molar-refractivity contribution in [2.24, 2.45) is 0 Å². The Kier molecular flexibility index (Phi) is 6.36. The molecule has 202 valence electrons. The van der Waals surface area contributed by atoms with E-state index in [4.69, 9.17) is 4.74 Å². The van der Waals surface area contributed by atoms with Crippen LogP contribution in [-0.2, 0) is 4.79 Å². The number of nitrogens with one attached hydrogen (secondary N) is 1. The van der Waals surface area contributed by atoms with Crippen molar-refractivity contribution in [2.75, 3.05) is 36.4 Å². The number of carbonyl (C=O) groups excluding carboxylic acids is 2. The maximum absolute atomic E-state index is 13.9. The topological polar surface area (TPSA) is 61.9 Å². The fourth-order valence-electron chi connectivity index (χ4n) is 5.92. The molecule has 0 radical (unpaired) electrons. The number of carbonyl (C=O) groups is 2. The second-order valence-corrected chi connectivity index (χ2v) is 10.5. The zero-order chi connectivity index (χ0) is 27.8. The highest BCUT2D eigenvalue weighted by molar-refractivity contribution is 6.13. The minimum atomic E-state index is -0.368. The summed E-state index contributed by atoms with van der Waals surface area (Å²) in [5, 5.41) is 5.01. The number of anilines is 2. The van der Waals surface area contributed by atoms with Gasteiger partial charge in [-0.2, -0.15) is 0 Å². The third-order valence-corrected chi connectivity index (χ3v) is 8.04. The minimum Gasteiger partial charge on any atom is -0.457 e. The number of fused-ring (bicyclic) bond motifs is 3. The molecule has 2 amide bonds. The molecule has 5 aromatic rings. The van der Waals surface area contributed by atoms with Crippen LogP contribution in [-0.4, -0.2) is 42.9 Å². The normalized spacial score (nSPS) is 14.6. The number of benzene rings is 5. The Hall–Kier alpha value is -5.10. The largest absolute Gasteiger partial charge is 0.457 e. The van der Waals surface area contributed by atoms with Crippen molar-refractivity contribution in [1.29, 1.82) is 0 Å². The molecule has 0 atom stereocenters. The van der Waals surface area contributed by atoms with Gasteiger partial charge in [0.15, 0.2) is 0 Å². The highest BCUT2D eigenvalue weighted by Gasteiger charge is 2.36. The summed E-state index contributed by atoms with van der Waals surface area (Å²) in [5.41, 5.74) is 4.31. The highest BCUT2D eigenvalue weighted by atomic mass is 16.5. The van der Waals surface area contributed by atoms with E-state index in [2.05, 4.69) is 10.2 Å². The van der Waals surface area contributed by atoms with Gasteiger partial charge in [-0.15, -0.1) is 0 Å². The molecule has 0 aliphatic carbocycles. The molecule has 2 heterocycles. The second kappa shape index (κ2) is 10.5. The number of hydrogen-bond donors (Lipinski definition) is 1. The lowest BCUT2D eigenvalue weighted by Gasteiger charge is -2.38. The average molecular weight is 540 g/mol. The molecule has 0 unspecified atom stereocenters. The molecule has 0 aromatic heterocycles. The molecule has 0 spiro atoms. The Bertz CT molecular complexity index is 1710. The van der Waals surface area contributed by atoms with Gasteiger partial charge in [0.05, 0.1) is 5.92 Å². The Morgan fingerprint density at radius 1 is 0.659 bits per heavy atom. The summed E-state index contributed by atoms with van der Waals surface area (Å²) in [6.45, 7) is 2.75. The molecule has 0 bridgehead atoms. The summed E-state index contributed by atoms with van der Waals surface area (Å²) >= 11 is 0. The molecule has 2 aliphatic heterocycles. The monoisotopic (exact) mass is 539 g/mol. The third-order valence-electron chi connectivity index (χ3n) is 8.04. The minimum absolute atomic E-state index is 0.111. The first-order valence-corrected chi connectivity index (χ1v) is 13.9. The molecule has 2 aliphatic rings. The summed E-state index contributed by atoms with van der Waals surface area (Å²) < 4.78 is 6.09. The Morgan fingerprint density at radius 3 is 1.98 bits per heavy atom. The molecule has 0 saturated carbocycles. The van der Waals surface area contributed by atoms with Gasteiger partial charge in [0.25, 0.3) is 5.91 Å². The lowest BCUT2D eigenvalue weighted by Crippen LogP contribution is -2.50. The molecule has 1 N–H and O–H groups in total. The van der Waals surface area contributed by atoms with E-state index in [1.54, 1.807) is 0 Å². The standard InChI is InChI=1S/C35H29N3O3/c39-34(28-13-7-9-24-8-1-2-10-27(24)28)36-25-16-18-26(19-17-25)37-20-22-38(23-21-37)35(40)33-29-11-3-5-14-31(29)41-32-15-6-4-12-30(32)33/h1-19,33H,20-23H2,(H,36,39). The molecule has 6 nitrogen and oxygen atoms in total. The van der Waals surface area contributed by atoms with Gasteiger partial charge in [0.1, 0.15) is 11.5 Å². The predicted octanol–water partition coefficient (Wildman–Crippen LogP) is 6.68. The van der Waals surface area contributed by atoms with Crippen LogP contribution < -0.4 is 15.0 Å². The number of ether oxygens (including phenoxy) is 1. The van der Waals surface area contributed by atoms with Gasteiger partial charge in [-0.1, -0.05) is 72.8 Å². The van der Waals surface area contributed by atoms with E-state index in [9.17, 15) is 9.59 Å². The molecule has 6 heteroatoms. The van der Waals surface area contributed by atoms with Crippen molar-refractivity contribution in [2.45, 2.75) is 5.92 Å². The Labute approximate surface area is 238 Å². The molecule has 5 aromatic carbocycles. The molecular weight excluding hydrogens is 510 g/mol. The molecule has 1 saturated heterocycles. The summed E-state index contributed by atoms with van der Waals surface area (Å²) in [5.74, 6) is 1.11. The van der Waals surface area contributed by atoms with Crippen LogP contribution in [0, 0.1) is 0 Å². The fourth-order valence-corrected chi connectivity index (χ4v) is 5.92. The Balaban J connectivity index is 1.02. The zero-order valence-electron chi connectivity index (χ0n) is 22.5.